The Hall–Kier alpha value is -1.10. The minimum absolute atomic E-state index is 0.101. The van der Waals surface area contributed by atoms with E-state index in [0.717, 1.165) is 51.9 Å². The maximum Gasteiger partial charge on any atom is 0.225 e. The Morgan fingerprint density at radius 1 is 0.864 bits per heavy atom. The first-order valence-corrected chi connectivity index (χ1v) is 9.03. The van der Waals surface area contributed by atoms with Gasteiger partial charge in [-0.05, 0) is 51.6 Å². The van der Waals surface area contributed by atoms with Gasteiger partial charge in [-0.3, -0.25) is 9.59 Å². The van der Waals surface area contributed by atoms with E-state index < -0.39 is 0 Å². The molecule has 3 aliphatic rings. The molecule has 0 aromatic carbocycles. The zero-order valence-corrected chi connectivity index (χ0v) is 13.6. The highest BCUT2D eigenvalue weighted by Crippen LogP contribution is 2.32. The number of nitrogens with zero attached hydrogens (tertiary/aromatic N) is 2. The molecular formula is C17H29N3O2. The number of carbonyl (C=O) groups is 2. The number of rotatable bonds is 5. The SMILES string of the molecule is O=C(NCCN1CCCCC1)C1CCN(C(=O)C2CC2)CC1. The molecule has 3 rings (SSSR count). The summed E-state index contributed by atoms with van der Waals surface area (Å²) >= 11 is 0. The van der Waals surface area contributed by atoms with Gasteiger partial charge >= 0.3 is 0 Å². The van der Waals surface area contributed by atoms with Crippen molar-refractivity contribution in [1.29, 1.82) is 0 Å². The van der Waals surface area contributed by atoms with Crippen LogP contribution >= 0.6 is 0 Å². The minimum Gasteiger partial charge on any atom is -0.355 e. The Balaban J connectivity index is 1.32. The fourth-order valence-corrected chi connectivity index (χ4v) is 3.62. The van der Waals surface area contributed by atoms with E-state index in [4.69, 9.17) is 0 Å². The number of hydrogen-bond acceptors (Lipinski definition) is 3. The molecule has 0 radical (unpaired) electrons. The maximum absolute atomic E-state index is 12.2. The Bertz CT molecular complexity index is 395. The van der Waals surface area contributed by atoms with Crippen LogP contribution in [0.2, 0.25) is 0 Å². The average Bonchev–Trinajstić information content (AvgIpc) is 3.40. The van der Waals surface area contributed by atoms with Gasteiger partial charge in [0.15, 0.2) is 0 Å². The molecular weight excluding hydrogens is 278 g/mol. The second kappa shape index (κ2) is 7.44. The summed E-state index contributed by atoms with van der Waals surface area (Å²) in [6.07, 6.45) is 7.72. The largest absolute Gasteiger partial charge is 0.355 e. The van der Waals surface area contributed by atoms with Crippen LogP contribution in [0.3, 0.4) is 0 Å². The molecule has 1 aliphatic carbocycles. The first kappa shape index (κ1) is 15.8. The Kier molecular flexibility index (Phi) is 5.34. The molecule has 0 bridgehead atoms. The Labute approximate surface area is 133 Å². The first-order chi connectivity index (χ1) is 10.7. The van der Waals surface area contributed by atoms with E-state index in [1.165, 1.54) is 32.4 Å². The third-order valence-corrected chi connectivity index (χ3v) is 5.28. The molecule has 2 amide bonds. The predicted octanol–water partition coefficient (Wildman–Crippen LogP) is 1.24. The summed E-state index contributed by atoms with van der Waals surface area (Å²) in [7, 11) is 0. The van der Waals surface area contributed by atoms with Crippen LogP contribution in [0.1, 0.15) is 44.9 Å². The lowest BCUT2D eigenvalue weighted by Crippen LogP contribution is -2.45. The highest BCUT2D eigenvalue weighted by atomic mass is 16.2. The van der Waals surface area contributed by atoms with Crippen LogP contribution in [0, 0.1) is 11.8 Å². The number of likely N-dealkylation sites (tertiary alicyclic amines) is 2. The monoisotopic (exact) mass is 307 g/mol. The average molecular weight is 307 g/mol. The van der Waals surface area contributed by atoms with Crippen molar-refractivity contribution in [3.05, 3.63) is 0 Å². The fraction of sp³-hybridized carbons (Fsp3) is 0.882. The third kappa shape index (κ3) is 4.22. The molecule has 1 saturated carbocycles. The van der Waals surface area contributed by atoms with Gasteiger partial charge in [-0.25, -0.2) is 0 Å². The lowest BCUT2D eigenvalue weighted by Gasteiger charge is -2.32. The zero-order chi connectivity index (χ0) is 15.4. The van der Waals surface area contributed by atoms with Gasteiger partial charge in [0.05, 0.1) is 0 Å². The Morgan fingerprint density at radius 3 is 2.18 bits per heavy atom. The van der Waals surface area contributed by atoms with Gasteiger partial charge in [0.1, 0.15) is 0 Å². The second-order valence-electron chi connectivity index (χ2n) is 7.07. The van der Waals surface area contributed by atoms with E-state index in [1.54, 1.807) is 0 Å². The van der Waals surface area contributed by atoms with Gasteiger partial charge in [0.2, 0.25) is 11.8 Å². The van der Waals surface area contributed by atoms with E-state index in [-0.39, 0.29) is 11.8 Å². The van der Waals surface area contributed by atoms with E-state index >= 15 is 0 Å². The summed E-state index contributed by atoms with van der Waals surface area (Å²) in [6, 6.07) is 0. The number of hydrogen-bond donors (Lipinski definition) is 1. The van der Waals surface area contributed by atoms with Crippen molar-refractivity contribution in [2.75, 3.05) is 39.3 Å². The van der Waals surface area contributed by atoms with Crippen molar-refractivity contribution < 1.29 is 9.59 Å². The zero-order valence-electron chi connectivity index (χ0n) is 13.6. The highest BCUT2D eigenvalue weighted by molar-refractivity contribution is 5.82. The van der Waals surface area contributed by atoms with Crippen LogP contribution in [0.5, 0.6) is 0 Å². The van der Waals surface area contributed by atoms with Gasteiger partial charge in [-0.2, -0.15) is 0 Å². The highest BCUT2D eigenvalue weighted by Gasteiger charge is 2.35. The predicted molar refractivity (Wildman–Crippen MR) is 85.3 cm³/mol. The molecule has 3 fully saturated rings. The van der Waals surface area contributed by atoms with E-state index in [9.17, 15) is 9.59 Å². The topological polar surface area (TPSA) is 52.7 Å². The molecule has 22 heavy (non-hydrogen) atoms. The summed E-state index contributed by atoms with van der Waals surface area (Å²) in [5, 5.41) is 3.09. The lowest BCUT2D eigenvalue weighted by molar-refractivity contribution is -0.136. The van der Waals surface area contributed by atoms with Crippen LogP contribution in [-0.4, -0.2) is 60.9 Å². The van der Waals surface area contributed by atoms with E-state index in [1.807, 2.05) is 4.90 Å². The molecule has 5 heteroatoms. The van der Waals surface area contributed by atoms with Crippen molar-refractivity contribution in [2.45, 2.75) is 44.9 Å². The molecule has 2 heterocycles. The fourth-order valence-electron chi connectivity index (χ4n) is 3.62. The van der Waals surface area contributed by atoms with Crippen molar-refractivity contribution in [3.8, 4) is 0 Å². The number of piperidine rings is 2. The summed E-state index contributed by atoms with van der Waals surface area (Å²) in [4.78, 5) is 28.6. The normalized spacial score (nSPS) is 24.3. The third-order valence-electron chi connectivity index (χ3n) is 5.28. The van der Waals surface area contributed by atoms with Gasteiger partial charge in [-0.15, -0.1) is 0 Å². The maximum atomic E-state index is 12.2. The van der Waals surface area contributed by atoms with Crippen molar-refractivity contribution in [3.63, 3.8) is 0 Å². The number of amides is 2. The van der Waals surface area contributed by atoms with Gasteiger partial charge in [0.25, 0.3) is 0 Å². The number of nitrogens with one attached hydrogen (secondary N) is 1. The van der Waals surface area contributed by atoms with E-state index in [2.05, 4.69) is 10.2 Å². The molecule has 0 unspecified atom stereocenters. The smallest absolute Gasteiger partial charge is 0.225 e. The van der Waals surface area contributed by atoms with E-state index in [0.29, 0.717) is 11.8 Å². The molecule has 2 aliphatic heterocycles. The first-order valence-electron chi connectivity index (χ1n) is 9.03. The van der Waals surface area contributed by atoms with Gasteiger partial charge < -0.3 is 15.1 Å². The lowest BCUT2D eigenvalue weighted by atomic mass is 9.95. The van der Waals surface area contributed by atoms with Crippen molar-refractivity contribution >= 4 is 11.8 Å². The molecule has 124 valence electrons. The summed E-state index contributed by atoms with van der Waals surface area (Å²) < 4.78 is 0. The molecule has 2 saturated heterocycles. The summed E-state index contributed by atoms with van der Waals surface area (Å²) in [5.74, 6) is 0.916. The standard InChI is InChI=1S/C17H29N3O2/c21-16(18-8-13-19-9-2-1-3-10-19)14-6-11-20(12-7-14)17(22)15-4-5-15/h14-15H,1-13H2,(H,18,21). The van der Waals surface area contributed by atoms with Crippen molar-refractivity contribution in [2.24, 2.45) is 11.8 Å². The minimum atomic E-state index is 0.101. The summed E-state index contributed by atoms with van der Waals surface area (Å²) in [6.45, 7) is 5.62. The van der Waals surface area contributed by atoms with Gasteiger partial charge in [0, 0.05) is 38.0 Å². The van der Waals surface area contributed by atoms with Crippen molar-refractivity contribution in [1.82, 2.24) is 15.1 Å². The quantitative estimate of drug-likeness (QED) is 0.831. The summed E-state index contributed by atoms with van der Waals surface area (Å²) in [5.41, 5.74) is 0. The van der Waals surface area contributed by atoms with Crippen LogP contribution in [-0.2, 0) is 9.59 Å². The van der Waals surface area contributed by atoms with Crippen LogP contribution in [0.15, 0.2) is 0 Å². The van der Waals surface area contributed by atoms with Crippen LogP contribution in [0.25, 0.3) is 0 Å². The molecule has 5 nitrogen and oxygen atoms in total. The molecule has 1 N–H and O–H groups in total. The molecule has 0 atom stereocenters. The van der Waals surface area contributed by atoms with Gasteiger partial charge in [-0.1, -0.05) is 6.42 Å². The second-order valence-corrected chi connectivity index (χ2v) is 7.07. The number of carbonyl (C=O) groups excluding carboxylic acids is 2. The van der Waals surface area contributed by atoms with Crippen LogP contribution in [0.4, 0.5) is 0 Å². The molecule has 0 spiro atoms. The van der Waals surface area contributed by atoms with Crippen LogP contribution < -0.4 is 5.32 Å². The molecule has 0 aromatic heterocycles. The Morgan fingerprint density at radius 2 is 1.55 bits per heavy atom. The molecule has 0 aromatic rings.